The Labute approximate surface area is 191 Å². The van der Waals surface area contributed by atoms with Gasteiger partial charge in [0, 0.05) is 26.2 Å². The molecule has 1 aliphatic heterocycles. The van der Waals surface area contributed by atoms with Crippen LogP contribution in [0.15, 0.2) is 53.4 Å². The van der Waals surface area contributed by atoms with Crippen LogP contribution in [0, 0.1) is 0 Å². The van der Waals surface area contributed by atoms with E-state index in [1.165, 1.54) is 9.21 Å². The van der Waals surface area contributed by atoms with E-state index in [0.717, 1.165) is 29.8 Å². The first-order chi connectivity index (χ1) is 15.5. The molecule has 1 N–H and O–H groups in total. The van der Waals surface area contributed by atoms with Crippen molar-refractivity contribution in [1.82, 2.24) is 14.5 Å². The van der Waals surface area contributed by atoms with Gasteiger partial charge in [0.2, 0.25) is 10.0 Å². The molecule has 0 spiro atoms. The maximum Gasteiger partial charge on any atom is 0.416 e. The largest absolute Gasteiger partial charge is 0.494 e. The summed E-state index contributed by atoms with van der Waals surface area (Å²) in [7, 11) is -3.96. The van der Waals surface area contributed by atoms with Crippen LogP contribution in [0.5, 0.6) is 5.75 Å². The normalized spacial score (nSPS) is 16.3. The number of rotatable bonds is 6. The third-order valence-electron chi connectivity index (χ3n) is 5.35. The third kappa shape index (κ3) is 5.97. The molecule has 1 heterocycles. The zero-order valence-corrected chi connectivity index (χ0v) is 19.1. The Morgan fingerprint density at radius 3 is 2.30 bits per heavy atom. The number of urea groups is 1. The van der Waals surface area contributed by atoms with Crippen molar-refractivity contribution < 1.29 is 31.1 Å². The first-order valence-corrected chi connectivity index (χ1v) is 11.9. The monoisotopic (exact) mass is 485 g/mol. The van der Waals surface area contributed by atoms with E-state index in [2.05, 4.69) is 5.32 Å². The summed E-state index contributed by atoms with van der Waals surface area (Å²) >= 11 is 0. The van der Waals surface area contributed by atoms with E-state index in [9.17, 15) is 26.4 Å². The molecule has 0 radical (unpaired) electrons. The molecule has 1 fully saturated rings. The summed E-state index contributed by atoms with van der Waals surface area (Å²) in [5.74, 6) is 0.707. The lowest BCUT2D eigenvalue weighted by atomic mass is 10.1. The van der Waals surface area contributed by atoms with Gasteiger partial charge in [0.15, 0.2) is 0 Å². The Hall–Kier alpha value is -2.79. The highest BCUT2D eigenvalue weighted by Gasteiger charge is 2.33. The molecule has 33 heavy (non-hydrogen) atoms. The highest BCUT2D eigenvalue weighted by Crippen LogP contribution is 2.30. The third-order valence-corrected chi connectivity index (χ3v) is 7.27. The number of ether oxygens (including phenoxy) is 1. The maximum absolute atomic E-state index is 12.8. The van der Waals surface area contributed by atoms with Gasteiger partial charge >= 0.3 is 12.2 Å². The summed E-state index contributed by atoms with van der Waals surface area (Å²) in [5, 5.41) is 2.90. The van der Waals surface area contributed by atoms with Crippen molar-refractivity contribution in [3.63, 3.8) is 0 Å². The van der Waals surface area contributed by atoms with E-state index in [1.54, 1.807) is 0 Å². The van der Waals surface area contributed by atoms with Crippen molar-refractivity contribution in [3.05, 3.63) is 59.7 Å². The van der Waals surface area contributed by atoms with Crippen molar-refractivity contribution in [3.8, 4) is 5.75 Å². The van der Waals surface area contributed by atoms with Crippen LogP contribution in [-0.4, -0.2) is 56.4 Å². The number of benzene rings is 2. The Morgan fingerprint density at radius 1 is 1.09 bits per heavy atom. The van der Waals surface area contributed by atoms with Gasteiger partial charge in [-0.15, -0.1) is 0 Å². The molecule has 1 unspecified atom stereocenters. The highest BCUT2D eigenvalue weighted by molar-refractivity contribution is 7.89. The maximum atomic E-state index is 12.8. The van der Waals surface area contributed by atoms with Crippen LogP contribution in [0.1, 0.15) is 31.0 Å². The fourth-order valence-corrected chi connectivity index (χ4v) is 4.92. The molecule has 11 heteroatoms. The molecule has 2 amide bonds. The fourth-order valence-electron chi connectivity index (χ4n) is 3.50. The zero-order valence-electron chi connectivity index (χ0n) is 18.3. The van der Waals surface area contributed by atoms with E-state index in [0.29, 0.717) is 12.4 Å². The second kappa shape index (κ2) is 10.0. The lowest BCUT2D eigenvalue weighted by molar-refractivity contribution is -0.137. The number of halogens is 3. The first kappa shape index (κ1) is 24.8. The summed E-state index contributed by atoms with van der Waals surface area (Å²) in [4.78, 5) is 14.0. The zero-order chi connectivity index (χ0) is 24.2. The van der Waals surface area contributed by atoms with Crippen molar-refractivity contribution in [1.29, 1.82) is 0 Å². The number of nitrogens with zero attached hydrogens (tertiary/aromatic N) is 2. The summed E-state index contributed by atoms with van der Waals surface area (Å²) in [6.07, 6.45) is -4.54. The quantitative estimate of drug-likeness (QED) is 0.674. The second-order valence-corrected chi connectivity index (χ2v) is 9.53. The van der Waals surface area contributed by atoms with Gasteiger partial charge in [0.05, 0.1) is 23.1 Å². The van der Waals surface area contributed by atoms with E-state index in [-0.39, 0.29) is 43.1 Å². The summed E-state index contributed by atoms with van der Waals surface area (Å²) in [6.45, 7) is 4.68. The minimum absolute atomic E-state index is 0.0466. The molecule has 0 bridgehead atoms. The average Bonchev–Trinajstić information content (AvgIpc) is 2.79. The van der Waals surface area contributed by atoms with Crippen LogP contribution in [0.25, 0.3) is 0 Å². The van der Waals surface area contributed by atoms with Gasteiger partial charge in [-0.1, -0.05) is 12.1 Å². The van der Waals surface area contributed by atoms with Crippen LogP contribution in [0.3, 0.4) is 0 Å². The van der Waals surface area contributed by atoms with Gasteiger partial charge in [-0.3, -0.25) is 0 Å². The molecule has 0 saturated carbocycles. The van der Waals surface area contributed by atoms with Gasteiger partial charge in [-0.05, 0) is 55.8 Å². The molecular weight excluding hydrogens is 459 g/mol. The molecule has 1 saturated heterocycles. The highest BCUT2D eigenvalue weighted by atomic mass is 32.2. The van der Waals surface area contributed by atoms with Crippen LogP contribution in [0.2, 0.25) is 0 Å². The minimum atomic E-state index is -4.54. The Kier molecular flexibility index (Phi) is 7.53. The van der Waals surface area contributed by atoms with Gasteiger partial charge in [0.25, 0.3) is 0 Å². The topological polar surface area (TPSA) is 79.0 Å². The lowest BCUT2D eigenvalue weighted by Crippen LogP contribution is -2.53. The molecule has 7 nitrogen and oxygen atoms in total. The molecule has 0 aliphatic carbocycles. The lowest BCUT2D eigenvalue weighted by Gasteiger charge is -2.34. The van der Waals surface area contributed by atoms with Crippen molar-refractivity contribution in [2.45, 2.75) is 31.0 Å². The van der Waals surface area contributed by atoms with Crippen LogP contribution in [-0.2, 0) is 16.2 Å². The van der Waals surface area contributed by atoms with Gasteiger partial charge in [0.1, 0.15) is 5.75 Å². The van der Waals surface area contributed by atoms with Gasteiger partial charge < -0.3 is 15.0 Å². The average molecular weight is 486 g/mol. The smallest absolute Gasteiger partial charge is 0.416 e. The van der Waals surface area contributed by atoms with E-state index < -0.39 is 21.8 Å². The van der Waals surface area contributed by atoms with Crippen molar-refractivity contribution in [2.24, 2.45) is 0 Å². The van der Waals surface area contributed by atoms with E-state index in [4.69, 9.17) is 4.74 Å². The molecular formula is C22H26F3N3O4S. The van der Waals surface area contributed by atoms with Crippen LogP contribution < -0.4 is 10.1 Å². The van der Waals surface area contributed by atoms with E-state index in [1.807, 2.05) is 38.1 Å². The Morgan fingerprint density at radius 2 is 1.73 bits per heavy atom. The number of nitrogens with one attached hydrogen (secondary N) is 1. The summed E-state index contributed by atoms with van der Waals surface area (Å²) < 4.78 is 70.4. The predicted octanol–water partition coefficient (Wildman–Crippen LogP) is 3.88. The fraction of sp³-hybridized carbons (Fsp3) is 0.409. The summed E-state index contributed by atoms with van der Waals surface area (Å²) in [6, 6.07) is 10.2. The SMILES string of the molecule is CCOc1cccc(C(C)NC(=O)N2CCN(S(=O)(=O)c3ccc(C(F)(F)F)cc3)CC2)c1. The number of carbonyl (C=O) groups is 1. The molecule has 3 rings (SSSR count). The predicted molar refractivity (Wildman–Crippen MR) is 116 cm³/mol. The number of carbonyl (C=O) groups excluding carboxylic acids is 1. The minimum Gasteiger partial charge on any atom is -0.494 e. The first-order valence-electron chi connectivity index (χ1n) is 10.5. The molecule has 180 valence electrons. The standard InChI is InChI=1S/C22H26F3N3O4S/c1-3-32-19-6-4-5-17(15-19)16(2)26-21(29)27-11-13-28(14-12-27)33(30,31)20-9-7-18(8-10-20)22(23,24)25/h4-10,15-16H,3,11-14H2,1-2H3,(H,26,29). The number of hydrogen-bond acceptors (Lipinski definition) is 4. The molecule has 2 aromatic carbocycles. The number of hydrogen-bond donors (Lipinski definition) is 1. The van der Waals surface area contributed by atoms with Crippen molar-refractivity contribution in [2.75, 3.05) is 32.8 Å². The van der Waals surface area contributed by atoms with Crippen molar-refractivity contribution >= 4 is 16.1 Å². The Balaban J connectivity index is 1.58. The molecule has 2 aromatic rings. The van der Waals surface area contributed by atoms with Crippen LogP contribution in [0.4, 0.5) is 18.0 Å². The molecule has 0 aromatic heterocycles. The Bertz CT molecular complexity index is 1070. The number of piperazine rings is 1. The van der Waals surface area contributed by atoms with E-state index >= 15 is 0 Å². The number of sulfonamides is 1. The second-order valence-electron chi connectivity index (χ2n) is 7.59. The summed E-state index contributed by atoms with van der Waals surface area (Å²) in [5.41, 5.74) is -0.0401. The molecule has 1 aliphatic rings. The number of alkyl halides is 3. The number of amides is 2. The van der Waals surface area contributed by atoms with Gasteiger partial charge in [-0.2, -0.15) is 17.5 Å². The molecule has 1 atom stereocenters. The van der Waals surface area contributed by atoms with Crippen LogP contribution >= 0.6 is 0 Å². The van der Waals surface area contributed by atoms with Gasteiger partial charge in [-0.25, -0.2) is 13.2 Å².